The molecule has 0 aliphatic carbocycles. The lowest BCUT2D eigenvalue weighted by Crippen LogP contribution is -2.44. The van der Waals surface area contributed by atoms with Gasteiger partial charge in [0.15, 0.2) is 5.96 Å². The van der Waals surface area contributed by atoms with Crippen LogP contribution in [-0.2, 0) is 6.42 Å². The fourth-order valence-electron chi connectivity index (χ4n) is 1.96. The Kier molecular flexibility index (Phi) is 11.0. The molecule has 0 radical (unpaired) electrons. The smallest absolute Gasteiger partial charge is 0.191 e. The topological polar surface area (TPSA) is 39.7 Å². The maximum absolute atomic E-state index is 4.67. The number of halogens is 1. The summed E-state index contributed by atoms with van der Waals surface area (Å²) in [5, 5.41) is 6.77. The molecule has 0 saturated heterocycles. The van der Waals surface area contributed by atoms with Crippen molar-refractivity contribution in [2.45, 2.75) is 40.2 Å². The molecule has 5 heteroatoms. The molecule has 2 N–H and O–H groups in total. The standard InChI is InChI=1S/C18H32N4.HI/c1-7-19-18(21-15(4)14(2)3)20-13-12-16-8-10-17(11-9-16)22(5)6;/h8-11,14-15H,7,12-13H2,1-6H3,(H2,19,20,21);1H. The highest BCUT2D eigenvalue weighted by atomic mass is 127. The summed E-state index contributed by atoms with van der Waals surface area (Å²) in [5.41, 5.74) is 2.55. The van der Waals surface area contributed by atoms with Gasteiger partial charge in [-0.3, -0.25) is 4.99 Å². The van der Waals surface area contributed by atoms with Crippen molar-refractivity contribution in [2.24, 2.45) is 10.9 Å². The molecule has 0 fully saturated rings. The van der Waals surface area contributed by atoms with Gasteiger partial charge in [-0.15, -0.1) is 24.0 Å². The zero-order valence-corrected chi connectivity index (χ0v) is 17.7. The summed E-state index contributed by atoms with van der Waals surface area (Å²) in [6.45, 7) is 10.4. The van der Waals surface area contributed by atoms with Crippen LogP contribution in [0.3, 0.4) is 0 Å². The third kappa shape index (κ3) is 8.44. The van der Waals surface area contributed by atoms with E-state index in [2.05, 4.69) is 86.6 Å². The third-order valence-corrected chi connectivity index (χ3v) is 3.83. The van der Waals surface area contributed by atoms with Crippen molar-refractivity contribution in [3.05, 3.63) is 29.8 Å². The van der Waals surface area contributed by atoms with Gasteiger partial charge in [-0.2, -0.15) is 0 Å². The molecule has 1 aromatic rings. The average molecular weight is 432 g/mol. The van der Waals surface area contributed by atoms with Crippen LogP contribution in [0, 0.1) is 5.92 Å². The van der Waals surface area contributed by atoms with Gasteiger partial charge in [0.05, 0.1) is 0 Å². The van der Waals surface area contributed by atoms with Crippen molar-refractivity contribution in [1.82, 2.24) is 10.6 Å². The molecule has 1 unspecified atom stereocenters. The lowest BCUT2D eigenvalue weighted by atomic mass is 10.1. The number of benzene rings is 1. The fraction of sp³-hybridized carbons (Fsp3) is 0.611. The van der Waals surface area contributed by atoms with Crippen molar-refractivity contribution < 1.29 is 0 Å². The number of guanidine groups is 1. The van der Waals surface area contributed by atoms with E-state index >= 15 is 0 Å². The van der Waals surface area contributed by atoms with E-state index in [1.807, 2.05) is 0 Å². The lowest BCUT2D eigenvalue weighted by Gasteiger charge is -2.20. The van der Waals surface area contributed by atoms with Crippen LogP contribution < -0.4 is 15.5 Å². The van der Waals surface area contributed by atoms with E-state index in [1.54, 1.807) is 0 Å². The summed E-state index contributed by atoms with van der Waals surface area (Å²) < 4.78 is 0. The zero-order chi connectivity index (χ0) is 16.5. The quantitative estimate of drug-likeness (QED) is 0.394. The second-order valence-electron chi connectivity index (χ2n) is 6.25. The van der Waals surface area contributed by atoms with E-state index in [4.69, 9.17) is 0 Å². The minimum absolute atomic E-state index is 0. The minimum atomic E-state index is 0. The minimum Gasteiger partial charge on any atom is -0.378 e. The highest BCUT2D eigenvalue weighted by Gasteiger charge is 2.08. The summed E-state index contributed by atoms with van der Waals surface area (Å²) in [7, 11) is 4.12. The van der Waals surface area contributed by atoms with Gasteiger partial charge < -0.3 is 15.5 Å². The first-order valence-electron chi connectivity index (χ1n) is 8.25. The first-order valence-corrected chi connectivity index (χ1v) is 8.25. The highest BCUT2D eigenvalue weighted by molar-refractivity contribution is 14.0. The molecule has 0 saturated carbocycles. The molecule has 23 heavy (non-hydrogen) atoms. The molecule has 0 aliphatic rings. The highest BCUT2D eigenvalue weighted by Crippen LogP contribution is 2.12. The Hall–Kier alpha value is -0.980. The van der Waals surface area contributed by atoms with Crippen LogP contribution in [0.4, 0.5) is 5.69 Å². The van der Waals surface area contributed by atoms with Crippen LogP contribution in [0.1, 0.15) is 33.3 Å². The summed E-state index contributed by atoms with van der Waals surface area (Å²) >= 11 is 0. The second kappa shape index (κ2) is 11.5. The molecule has 132 valence electrons. The second-order valence-corrected chi connectivity index (χ2v) is 6.25. The van der Waals surface area contributed by atoms with Gasteiger partial charge in [-0.25, -0.2) is 0 Å². The van der Waals surface area contributed by atoms with Crippen LogP contribution in [0.2, 0.25) is 0 Å². The number of aliphatic imine (C=N–C) groups is 1. The number of nitrogens with one attached hydrogen (secondary N) is 2. The Bertz CT molecular complexity index is 455. The molecule has 1 rings (SSSR count). The van der Waals surface area contributed by atoms with Crippen LogP contribution >= 0.6 is 24.0 Å². The van der Waals surface area contributed by atoms with Crippen molar-refractivity contribution in [1.29, 1.82) is 0 Å². The average Bonchev–Trinajstić information content (AvgIpc) is 2.47. The summed E-state index contributed by atoms with van der Waals surface area (Å²) in [5.74, 6) is 1.50. The third-order valence-electron chi connectivity index (χ3n) is 3.83. The summed E-state index contributed by atoms with van der Waals surface area (Å²) in [6.07, 6.45) is 0.959. The van der Waals surface area contributed by atoms with Crippen molar-refractivity contribution >= 4 is 35.6 Å². The first kappa shape index (κ1) is 22.0. The molecule has 1 atom stereocenters. The molecule has 0 amide bonds. The van der Waals surface area contributed by atoms with E-state index in [0.717, 1.165) is 25.5 Å². The largest absolute Gasteiger partial charge is 0.378 e. The van der Waals surface area contributed by atoms with E-state index in [9.17, 15) is 0 Å². The predicted octanol–water partition coefficient (Wildman–Crippen LogP) is 3.51. The predicted molar refractivity (Wildman–Crippen MR) is 113 cm³/mol. The monoisotopic (exact) mass is 432 g/mol. The van der Waals surface area contributed by atoms with Crippen molar-refractivity contribution in [3.63, 3.8) is 0 Å². The molecule has 0 bridgehead atoms. The molecule has 0 aromatic heterocycles. The van der Waals surface area contributed by atoms with E-state index in [-0.39, 0.29) is 24.0 Å². The van der Waals surface area contributed by atoms with Crippen LogP contribution in [-0.4, -0.2) is 39.2 Å². The summed E-state index contributed by atoms with van der Waals surface area (Å²) in [6, 6.07) is 9.09. The molecule has 0 spiro atoms. The number of nitrogens with zero attached hydrogens (tertiary/aromatic N) is 2. The van der Waals surface area contributed by atoms with Gasteiger partial charge in [0.1, 0.15) is 0 Å². The van der Waals surface area contributed by atoms with Crippen LogP contribution in [0.5, 0.6) is 0 Å². The Morgan fingerprint density at radius 2 is 1.74 bits per heavy atom. The van der Waals surface area contributed by atoms with Crippen molar-refractivity contribution in [2.75, 3.05) is 32.1 Å². The van der Waals surface area contributed by atoms with E-state index in [1.165, 1.54) is 11.3 Å². The molecule has 1 aromatic carbocycles. The maximum atomic E-state index is 4.67. The molecular weight excluding hydrogens is 399 g/mol. The van der Waals surface area contributed by atoms with Crippen molar-refractivity contribution in [3.8, 4) is 0 Å². The van der Waals surface area contributed by atoms with Gasteiger partial charge >= 0.3 is 0 Å². The number of hydrogen-bond donors (Lipinski definition) is 2. The number of anilines is 1. The summed E-state index contributed by atoms with van der Waals surface area (Å²) in [4.78, 5) is 6.79. The lowest BCUT2D eigenvalue weighted by molar-refractivity contribution is 0.481. The number of rotatable bonds is 7. The molecular formula is C18H33IN4. The fourth-order valence-corrected chi connectivity index (χ4v) is 1.96. The van der Waals surface area contributed by atoms with Crippen LogP contribution in [0.15, 0.2) is 29.3 Å². The first-order chi connectivity index (χ1) is 10.4. The Morgan fingerprint density at radius 3 is 2.22 bits per heavy atom. The van der Waals surface area contributed by atoms with E-state index in [0.29, 0.717) is 12.0 Å². The van der Waals surface area contributed by atoms with Gasteiger partial charge in [-0.05, 0) is 43.9 Å². The van der Waals surface area contributed by atoms with Gasteiger partial charge in [-0.1, -0.05) is 26.0 Å². The Balaban J connectivity index is 0.00000484. The molecule has 0 aliphatic heterocycles. The van der Waals surface area contributed by atoms with Crippen LogP contribution in [0.25, 0.3) is 0 Å². The Morgan fingerprint density at radius 1 is 1.13 bits per heavy atom. The Labute approximate surface area is 159 Å². The normalized spacial score (nSPS) is 12.6. The van der Waals surface area contributed by atoms with Gasteiger partial charge in [0.25, 0.3) is 0 Å². The molecule has 4 nitrogen and oxygen atoms in total. The van der Waals surface area contributed by atoms with Gasteiger partial charge in [0, 0.05) is 38.9 Å². The number of hydrogen-bond acceptors (Lipinski definition) is 2. The SMILES string of the molecule is CCNC(=NCCc1ccc(N(C)C)cc1)NC(C)C(C)C.I. The van der Waals surface area contributed by atoms with Gasteiger partial charge in [0.2, 0.25) is 0 Å². The molecule has 0 heterocycles. The maximum Gasteiger partial charge on any atom is 0.191 e. The van der Waals surface area contributed by atoms with E-state index < -0.39 is 0 Å². The zero-order valence-electron chi connectivity index (χ0n) is 15.4.